The van der Waals surface area contributed by atoms with Crippen molar-refractivity contribution in [2.24, 2.45) is 0 Å². The molecule has 6 rings (SSSR count). The Morgan fingerprint density at radius 3 is 1.80 bits per heavy atom. The first-order valence-electron chi connectivity index (χ1n) is 17.2. The lowest BCUT2D eigenvalue weighted by Gasteiger charge is -2.26. The topological polar surface area (TPSA) is 0 Å². The van der Waals surface area contributed by atoms with Gasteiger partial charge in [0.05, 0.1) is 0 Å². The van der Waals surface area contributed by atoms with Gasteiger partial charge in [-0.1, -0.05) is 133 Å². The summed E-state index contributed by atoms with van der Waals surface area (Å²) in [6.45, 7) is 11.7. The van der Waals surface area contributed by atoms with E-state index < -0.39 is 0 Å². The summed E-state index contributed by atoms with van der Waals surface area (Å²) < 4.78 is 0. The van der Waals surface area contributed by atoms with Crippen LogP contribution in [0.2, 0.25) is 0 Å². The van der Waals surface area contributed by atoms with Crippen molar-refractivity contribution in [3.05, 3.63) is 145 Å². The lowest BCUT2D eigenvalue weighted by Crippen LogP contribution is -2.26. The van der Waals surface area contributed by atoms with Gasteiger partial charge in [0.1, 0.15) is 0 Å². The molecule has 4 aromatic rings. The van der Waals surface area contributed by atoms with E-state index in [1.807, 2.05) is 0 Å². The van der Waals surface area contributed by atoms with Crippen LogP contribution in [0.15, 0.2) is 85.0 Å². The number of benzene rings is 4. The monoisotopic (exact) mass is 575 g/mol. The van der Waals surface area contributed by atoms with Crippen molar-refractivity contribution in [2.75, 3.05) is 0 Å². The minimum absolute atomic E-state index is 0.992. The highest BCUT2D eigenvalue weighted by Gasteiger charge is 2.30. The molecule has 0 fully saturated rings. The van der Waals surface area contributed by atoms with E-state index in [-0.39, 0.29) is 0 Å². The lowest BCUT2D eigenvalue weighted by molar-refractivity contribution is 0.843. The zero-order valence-corrected chi connectivity index (χ0v) is 27.4. The van der Waals surface area contributed by atoms with Crippen LogP contribution in [0.4, 0.5) is 0 Å². The maximum absolute atomic E-state index is 4.11. The molecule has 0 spiro atoms. The number of allylic oxidation sites excluding steroid dienone is 4. The van der Waals surface area contributed by atoms with Crippen molar-refractivity contribution in [3.63, 3.8) is 0 Å². The first-order valence-corrected chi connectivity index (χ1v) is 17.2. The summed E-state index contributed by atoms with van der Waals surface area (Å²) in [5, 5.41) is 2.76. The molecule has 0 saturated carbocycles. The minimum atomic E-state index is 0.992. The average molecular weight is 576 g/mol. The van der Waals surface area contributed by atoms with E-state index in [9.17, 15) is 0 Å². The molecule has 2 aliphatic rings. The van der Waals surface area contributed by atoms with E-state index in [0.717, 1.165) is 51.4 Å². The molecule has 0 atom stereocenters. The van der Waals surface area contributed by atoms with Crippen molar-refractivity contribution < 1.29 is 0 Å². The molecule has 0 aromatic heterocycles. The number of rotatable bonds is 11. The normalized spacial score (nSPS) is 13.1. The molecule has 2 aliphatic carbocycles. The van der Waals surface area contributed by atoms with Crippen LogP contribution in [0.3, 0.4) is 0 Å². The summed E-state index contributed by atoms with van der Waals surface area (Å²) in [6.07, 6.45) is 20.9. The van der Waals surface area contributed by atoms with Crippen LogP contribution in [0, 0.1) is 0 Å². The fourth-order valence-electron chi connectivity index (χ4n) is 7.84. The molecule has 0 bridgehead atoms. The smallest absolute Gasteiger partial charge is 0.000710 e. The molecule has 0 nitrogen and oxygen atoms in total. The summed E-state index contributed by atoms with van der Waals surface area (Å²) in [4.78, 5) is 0. The third-order valence-corrected chi connectivity index (χ3v) is 9.56. The summed E-state index contributed by atoms with van der Waals surface area (Å²) >= 11 is 0. The van der Waals surface area contributed by atoms with Crippen molar-refractivity contribution in [3.8, 4) is 11.1 Å². The van der Waals surface area contributed by atoms with Crippen molar-refractivity contribution in [1.82, 2.24) is 0 Å². The van der Waals surface area contributed by atoms with Crippen LogP contribution in [0.1, 0.15) is 110 Å². The molecule has 1 radical (unpaired) electrons. The summed E-state index contributed by atoms with van der Waals surface area (Å²) in [7, 11) is 0. The van der Waals surface area contributed by atoms with E-state index in [1.54, 1.807) is 16.7 Å². The number of aryl methyl sites for hydroxylation is 1. The Bertz CT molecular complexity index is 1800. The van der Waals surface area contributed by atoms with Gasteiger partial charge in [-0.05, 0) is 133 Å². The minimum Gasteiger partial charge on any atom is -0.0801 e. The molecular formula is C44H47. The summed E-state index contributed by atoms with van der Waals surface area (Å²) in [6, 6.07) is 24.7. The van der Waals surface area contributed by atoms with Gasteiger partial charge in [-0.3, -0.25) is 0 Å². The van der Waals surface area contributed by atoms with Gasteiger partial charge in [-0.2, -0.15) is 0 Å². The van der Waals surface area contributed by atoms with Crippen LogP contribution >= 0.6 is 0 Å². The second-order valence-electron chi connectivity index (χ2n) is 12.4. The molecule has 44 heavy (non-hydrogen) atoms. The third-order valence-electron chi connectivity index (χ3n) is 9.56. The Morgan fingerprint density at radius 2 is 1.25 bits per heavy atom. The number of hydrogen-bond donors (Lipinski definition) is 0. The standard InChI is InChI=1S/C44H47/c1-6-19-36-35(10-5)41(33-26-17-18-27-33)39-29-34-28-30(9-4)42(38(21-8-3)43(34)44(39)37(36)20-7-2)40(31-22-13-11-14-23-31)32-24-15-12-16-25-32/h11-18,22-26,28H,6-10,19-21,27H2,1-5H3. The molecule has 4 aromatic carbocycles. The van der Waals surface area contributed by atoms with E-state index in [1.165, 1.54) is 72.5 Å². The van der Waals surface area contributed by atoms with Crippen LogP contribution < -0.4 is 10.4 Å². The fourth-order valence-corrected chi connectivity index (χ4v) is 7.84. The van der Waals surface area contributed by atoms with Gasteiger partial charge in [-0.25, -0.2) is 0 Å². The highest BCUT2D eigenvalue weighted by molar-refractivity contribution is 5.96. The average Bonchev–Trinajstić information content (AvgIpc) is 3.72. The maximum atomic E-state index is 4.11. The molecule has 0 heterocycles. The summed E-state index contributed by atoms with van der Waals surface area (Å²) in [5.41, 5.74) is 19.0. The molecule has 0 unspecified atom stereocenters. The van der Waals surface area contributed by atoms with Gasteiger partial charge >= 0.3 is 0 Å². The van der Waals surface area contributed by atoms with Crippen LogP contribution in [-0.2, 0) is 32.1 Å². The van der Waals surface area contributed by atoms with Crippen LogP contribution in [0.25, 0.3) is 28.3 Å². The van der Waals surface area contributed by atoms with Gasteiger partial charge in [0, 0.05) is 0 Å². The molecule has 0 aliphatic heterocycles. The molecule has 223 valence electrons. The molecule has 0 amide bonds. The Labute approximate surface area is 265 Å². The zero-order valence-electron chi connectivity index (χ0n) is 27.4. The van der Waals surface area contributed by atoms with Crippen molar-refractivity contribution in [1.29, 1.82) is 0 Å². The van der Waals surface area contributed by atoms with E-state index in [0.29, 0.717) is 0 Å². The first-order chi connectivity index (χ1) is 21.7. The first kappa shape index (κ1) is 30.1. The van der Waals surface area contributed by atoms with Crippen molar-refractivity contribution >= 4 is 17.2 Å². The number of fused-ring (bicyclic) bond motifs is 3. The molecule has 0 saturated heterocycles. The highest BCUT2D eigenvalue weighted by Crippen LogP contribution is 2.44. The second kappa shape index (κ2) is 13.4. The SMILES string of the molecule is CCCc1c(CC)c(C2=CC=CC2)c2c(c1CCC)-c1c(CCC)c(=C(c3ccccc3)c3ccccc3)c(CC)cc1=[C]2. The fraction of sp³-hybridized carbons (Fsp3) is 0.318. The Morgan fingerprint density at radius 1 is 0.636 bits per heavy atom. The quantitative estimate of drug-likeness (QED) is 0.147. The molecule has 0 heteroatoms. The predicted molar refractivity (Wildman–Crippen MR) is 191 cm³/mol. The Kier molecular flexibility index (Phi) is 9.17. The van der Waals surface area contributed by atoms with Crippen LogP contribution in [-0.4, -0.2) is 0 Å². The highest BCUT2D eigenvalue weighted by atomic mass is 14.3. The van der Waals surface area contributed by atoms with Gasteiger partial charge in [0.2, 0.25) is 0 Å². The van der Waals surface area contributed by atoms with Gasteiger partial charge in [0.25, 0.3) is 0 Å². The summed E-state index contributed by atoms with van der Waals surface area (Å²) in [5.74, 6) is 0. The largest absolute Gasteiger partial charge is 0.0801 e. The molecule has 0 N–H and O–H groups in total. The zero-order chi connectivity index (χ0) is 30.6. The lowest BCUT2D eigenvalue weighted by atomic mass is 9.78. The van der Waals surface area contributed by atoms with E-state index in [2.05, 4.69) is 126 Å². The van der Waals surface area contributed by atoms with E-state index in [4.69, 9.17) is 0 Å². The van der Waals surface area contributed by atoms with Gasteiger partial charge < -0.3 is 0 Å². The maximum Gasteiger partial charge on any atom is -0.000710 e. The van der Waals surface area contributed by atoms with Crippen LogP contribution in [0.5, 0.6) is 0 Å². The van der Waals surface area contributed by atoms with Crippen molar-refractivity contribution in [2.45, 2.75) is 92.4 Å². The third kappa shape index (κ3) is 5.23. The number of hydrogen-bond acceptors (Lipinski definition) is 0. The second-order valence-corrected chi connectivity index (χ2v) is 12.4. The Hall–Kier alpha value is -3.90. The Balaban J connectivity index is 1.83. The molecular weight excluding hydrogens is 528 g/mol. The van der Waals surface area contributed by atoms with E-state index >= 15 is 0 Å². The van der Waals surface area contributed by atoms with Gasteiger partial charge in [-0.15, -0.1) is 0 Å². The predicted octanol–water partition coefficient (Wildman–Crippen LogP) is 9.95. The van der Waals surface area contributed by atoms with Gasteiger partial charge in [0.15, 0.2) is 0 Å².